The van der Waals surface area contributed by atoms with Crippen molar-refractivity contribution in [3.05, 3.63) is 71.8 Å². The van der Waals surface area contributed by atoms with Gasteiger partial charge < -0.3 is 10.6 Å². The Labute approximate surface area is 163 Å². The highest BCUT2D eigenvalue weighted by atomic mass is 15.1. The summed E-state index contributed by atoms with van der Waals surface area (Å²) in [5, 5.41) is 8.04. The van der Waals surface area contributed by atoms with E-state index in [9.17, 15) is 0 Å². The second kappa shape index (κ2) is 6.76. The Morgan fingerprint density at radius 1 is 0.667 bits per heavy atom. The lowest BCUT2D eigenvalue weighted by molar-refractivity contribution is 0.223. The molecule has 3 saturated carbocycles. The van der Waals surface area contributed by atoms with Gasteiger partial charge in [0, 0.05) is 36.0 Å². The van der Waals surface area contributed by atoms with Gasteiger partial charge in [-0.05, 0) is 42.2 Å². The zero-order chi connectivity index (χ0) is 18.4. The van der Waals surface area contributed by atoms with Gasteiger partial charge in [-0.1, -0.05) is 74.5 Å². The molecule has 6 atom stereocenters. The van der Waals surface area contributed by atoms with Crippen LogP contribution in [0.3, 0.4) is 0 Å². The van der Waals surface area contributed by atoms with Crippen LogP contribution in [-0.2, 0) is 0 Å². The molecule has 142 valence electrons. The second-order valence-electron chi connectivity index (χ2n) is 9.56. The van der Waals surface area contributed by atoms with Gasteiger partial charge in [-0.3, -0.25) is 0 Å². The number of rotatable bonds is 6. The fourth-order valence-electron chi connectivity index (χ4n) is 5.33. The van der Waals surface area contributed by atoms with E-state index in [2.05, 4.69) is 85.1 Å². The average molecular weight is 361 g/mol. The van der Waals surface area contributed by atoms with Gasteiger partial charge in [-0.15, -0.1) is 0 Å². The Hall–Kier alpha value is -1.64. The first kappa shape index (κ1) is 17.5. The number of benzene rings is 2. The third-order valence-corrected chi connectivity index (χ3v) is 7.41. The van der Waals surface area contributed by atoms with E-state index in [0.29, 0.717) is 29.6 Å². The van der Waals surface area contributed by atoms with Crippen LogP contribution >= 0.6 is 0 Å². The van der Waals surface area contributed by atoms with Crippen molar-refractivity contribution >= 4 is 0 Å². The van der Waals surface area contributed by atoms with E-state index in [1.54, 1.807) is 0 Å². The normalized spacial score (nSPS) is 36.5. The minimum atomic E-state index is 0.313. The molecular weight excluding hydrogens is 328 g/mol. The van der Waals surface area contributed by atoms with Crippen molar-refractivity contribution in [2.45, 2.75) is 75.5 Å². The van der Waals surface area contributed by atoms with E-state index in [4.69, 9.17) is 0 Å². The molecule has 0 heterocycles. The van der Waals surface area contributed by atoms with Gasteiger partial charge in [0.2, 0.25) is 0 Å². The van der Waals surface area contributed by atoms with E-state index in [0.717, 1.165) is 11.8 Å². The molecule has 0 radical (unpaired) electrons. The Bertz CT molecular complexity index is 704. The average Bonchev–Trinajstić information content (AvgIpc) is 3.59. The predicted molar refractivity (Wildman–Crippen MR) is 112 cm³/mol. The number of nitrogens with one attached hydrogen (secondary N) is 2. The molecule has 3 fully saturated rings. The molecule has 3 aliphatic carbocycles. The summed E-state index contributed by atoms with van der Waals surface area (Å²) in [7, 11) is 0. The predicted octanol–water partition coefficient (Wildman–Crippen LogP) is 4.84. The standard InChI is InChI=1S/C25H32N2/c1-25(2)23(26-21-15-19(21)17-9-5-3-6-10-17)13-14-24(25)27-22-16-20(22)18-11-7-4-8-12-18/h3-12,19-24,26-27H,13-16H2,1-2H3/t19-,20-,21+,22+,23?,24?/m0/s1. The minimum absolute atomic E-state index is 0.313. The number of hydrogen-bond acceptors (Lipinski definition) is 2. The molecule has 2 heteroatoms. The van der Waals surface area contributed by atoms with Crippen molar-refractivity contribution in [3.8, 4) is 0 Å². The van der Waals surface area contributed by atoms with Crippen LogP contribution in [0.1, 0.15) is 62.5 Å². The summed E-state index contributed by atoms with van der Waals surface area (Å²) < 4.78 is 0. The molecule has 3 aliphatic rings. The minimum Gasteiger partial charge on any atom is -0.310 e. The first-order valence-electron chi connectivity index (χ1n) is 10.7. The van der Waals surface area contributed by atoms with Crippen molar-refractivity contribution in [1.82, 2.24) is 10.6 Å². The molecule has 0 spiro atoms. The molecule has 0 amide bonds. The van der Waals surface area contributed by atoms with Gasteiger partial charge in [-0.25, -0.2) is 0 Å². The molecule has 27 heavy (non-hydrogen) atoms. The monoisotopic (exact) mass is 360 g/mol. The van der Waals surface area contributed by atoms with Crippen LogP contribution in [0.5, 0.6) is 0 Å². The fraction of sp³-hybridized carbons (Fsp3) is 0.520. The molecule has 2 nitrogen and oxygen atoms in total. The van der Waals surface area contributed by atoms with Crippen molar-refractivity contribution in [2.75, 3.05) is 0 Å². The van der Waals surface area contributed by atoms with Crippen LogP contribution < -0.4 is 10.6 Å². The zero-order valence-electron chi connectivity index (χ0n) is 16.6. The Kier molecular flexibility index (Phi) is 4.37. The molecule has 2 N–H and O–H groups in total. The highest BCUT2D eigenvalue weighted by molar-refractivity contribution is 5.29. The van der Waals surface area contributed by atoms with E-state index in [-0.39, 0.29) is 0 Å². The molecular formula is C25H32N2. The van der Waals surface area contributed by atoms with Crippen molar-refractivity contribution in [1.29, 1.82) is 0 Å². The van der Waals surface area contributed by atoms with Crippen LogP contribution in [0.25, 0.3) is 0 Å². The molecule has 0 bridgehead atoms. The maximum absolute atomic E-state index is 4.02. The van der Waals surface area contributed by atoms with Crippen molar-refractivity contribution in [3.63, 3.8) is 0 Å². The van der Waals surface area contributed by atoms with E-state index in [1.807, 2.05) is 0 Å². The lowest BCUT2D eigenvalue weighted by Gasteiger charge is -2.34. The fourth-order valence-corrected chi connectivity index (χ4v) is 5.33. The maximum atomic E-state index is 4.02. The molecule has 0 saturated heterocycles. The Morgan fingerprint density at radius 3 is 1.48 bits per heavy atom. The molecule has 2 aromatic carbocycles. The van der Waals surface area contributed by atoms with Crippen molar-refractivity contribution in [2.24, 2.45) is 5.41 Å². The summed E-state index contributed by atoms with van der Waals surface area (Å²) in [4.78, 5) is 0. The van der Waals surface area contributed by atoms with Crippen LogP contribution in [0, 0.1) is 5.41 Å². The van der Waals surface area contributed by atoms with E-state index in [1.165, 1.54) is 36.8 Å². The smallest absolute Gasteiger partial charge is 0.0146 e. The SMILES string of the molecule is CC1(C)C(N[C@@H]2C[C@H]2c2ccccc2)CCC1N[C@@H]1C[C@H]1c1ccccc1. The molecule has 0 aromatic heterocycles. The largest absolute Gasteiger partial charge is 0.310 e. The molecule has 2 aromatic rings. The van der Waals surface area contributed by atoms with E-state index < -0.39 is 0 Å². The third kappa shape index (κ3) is 3.46. The van der Waals surface area contributed by atoms with Gasteiger partial charge in [-0.2, -0.15) is 0 Å². The first-order valence-corrected chi connectivity index (χ1v) is 10.7. The topological polar surface area (TPSA) is 24.1 Å². The van der Waals surface area contributed by atoms with Crippen LogP contribution in [0.2, 0.25) is 0 Å². The Morgan fingerprint density at radius 2 is 1.07 bits per heavy atom. The first-order chi connectivity index (χ1) is 13.1. The van der Waals surface area contributed by atoms with E-state index >= 15 is 0 Å². The van der Waals surface area contributed by atoms with Gasteiger partial charge in [0.15, 0.2) is 0 Å². The lowest BCUT2D eigenvalue weighted by atomic mass is 9.83. The van der Waals surface area contributed by atoms with Crippen LogP contribution in [-0.4, -0.2) is 24.2 Å². The van der Waals surface area contributed by atoms with Crippen LogP contribution in [0.4, 0.5) is 0 Å². The van der Waals surface area contributed by atoms with Gasteiger partial charge in [0.25, 0.3) is 0 Å². The molecule has 5 rings (SSSR count). The quantitative estimate of drug-likeness (QED) is 0.770. The summed E-state index contributed by atoms with van der Waals surface area (Å²) in [5.41, 5.74) is 3.32. The van der Waals surface area contributed by atoms with Crippen LogP contribution in [0.15, 0.2) is 60.7 Å². The maximum Gasteiger partial charge on any atom is 0.0146 e. The Balaban J connectivity index is 1.16. The zero-order valence-corrected chi connectivity index (χ0v) is 16.6. The highest BCUT2D eigenvalue weighted by Crippen LogP contribution is 2.47. The van der Waals surface area contributed by atoms with Gasteiger partial charge in [0.1, 0.15) is 0 Å². The third-order valence-electron chi connectivity index (χ3n) is 7.41. The molecule has 0 aliphatic heterocycles. The molecule has 2 unspecified atom stereocenters. The second-order valence-corrected chi connectivity index (χ2v) is 9.56. The number of hydrogen-bond donors (Lipinski definition) is 2. The highest BCUT2D eigenvalue weighted by Gasteiger charge is 2.50. The lowest BCUT2D eigenvalue weighted by Crippen LogP contribution is -2.48. The van der Waals surface area contributed by atoms with Gasteiger partial charge in [0.05, 0.1) is 0 Å². The van der Waals surface area contributed by atoms with Crippen molar-refractivity contribution < 1.29 is 0 Å². The summed E-state index contributed by atoms with van der Waals surface area (Å²) in [6, 6.07) is 24.7. The summed E-state index contributed by atoms with van der Waals surface area (Å²) in [6.45, 7) is 4.93. The summed E-state index contributed by atoms with van der Waals surface area (Å²) >= 11 is 0. The summed E-state index contributed by atoms with van der Waals surface area (Å²) in [6.07, 6.45) is 5.19. The summed E-state index contributed by atoms with van der Waals surface area (Å²) in [5.74, 6) is 1.44. The van der Waals surface area contributed by atoms with Gasteiger partial charge >= 0.3 is 0 Å².